The fourth-order valence-electron chi connectivity index (χ4n) is 3.94. The van der Waals surface area contributed by atoms with E-state index in [-0.39, 0.29) is 11.5 Å². The van der Waals surface area contributed by atoms with Crippen molar-refractivity contribution < 1.29 is 26.3 Å². The molecule has 0 fully saturated rings. The average Bonchev–Trinajstić information content (AvgIpc) is 3.07. The lowest BCUT2D eigenvalue weighted by Gasteiger charge is -1.99. The van der Waals surface area contributed by atoms with E-state index in [0.717, 1.165) is 36.8 Å². The Kier molecular flexibility index (Phi) is 16.3. The zero-order valence-electron chi connectivity index (χ0n) is 25.8. The van der Waals surface area contributed by atoms with Crippen LogP contribution in [0.4, 0.5) is 0 Å². The summed E-state index contributed by atoms with van der Waals surface area (Å²) < 4.78 is 60.1. The molecule has 0 radical (unpaired) electrons. The van der Waals surface area contributed by atoms with Gasteiger partial charge in [-0.3, -0.25) is 0 Å². The molecule has 0 aromatic heterocycles. The van der Waals surface area contributed by atoms with Crippen LogP contribution < -0.4 is 0 Å². The molecule has 0 atom stereocenters. The highest BCUT2D eigenvalue weighted by Crippen LogP contribution is 2.10. The van der Waals surface area contributed by atoms with Gasteiger partial charge in [-0.1, -0.05) is 84.1 Å². The van der Waals surface area contributed by atoms with Crippen molar-refractivity contribution in [1.82, 2.24) is 0 Å². The third-order valence-corrected chi connectivity index (χ3v) is 9.41. The predicted molar refractivity (Wildman–Crippen MR) is 182 cm³/mol. The van der Waals surface area contributed by atoms with Crippen molar-refractivity contribution in [2.75, 3.05) is 37.9 Å². The van der Waals surface area contributed by atoms with Crippen LogP contribution in [0.25, 0.3) is 0 Å². The molecule has 238 valence electrons. The van der Waals surface area contributed by atoms with Crippen LogP contribution >= 0.6 is 0 Å². The Bertz CT molecular complexity index is 1700. The van der Waals surface area contributed by atoms with E-state index in [1.54, 1.807) is 60.7 Å². The van der Waals surface area contributed by atoms with Crippen molar-refractivity contribution in [2.45, 2.75) is 48.3 Å². The minimum Gasteiger partial charge on any atom is -0.369 e. The molecule has 0 aliphatic heterocycles. The summed E-state index contributed by atoms with van der Waals surface area (Å²) in [6.45, 7) is 1.72. The number of benzene rings is 3. The van der Waals surface area contributed by atoms with Crippen LogP contribution in [0.5, 0.6) is 0 Å². The molecular formula is C38H38O6S2. The standard InChI is InChI=1S/C38H38O6S2/c39-45(40,37-25-9-7-10-26-37)33-17-5-1-3-15-29-43-31-19-23-35-21-13-14-22-36(35)24-20-32-44-30-16-4-2-6-18-34-46(41,42)38-27-11-8-12-28-38/h7-14,21-22,25-28H,1-4,15-16,29-34H2. The number of hydrogen-bond donors (Lipinski definition) is 0. The first-order valence-electron chi connectivity index (χ1n) is 15.1. The molecule has 0 bridgehead atoms. The first kappa shape index (κ1) is 36.2. The molecule has 8 heteroatoms. The van der Waals surface area contributed by atoms with E-state index in [4.69, 9.17) is 9.47 Å². The van der Waals surface area contributed by atoms with Gasteiger partial charge in [0, 0.05) is 37.2 Å². The van der Waals surface area contributed by atoms with Crippen LogP contribution in [0.1, 0.15) is 49.7 Å². The second kappa shape index (κ2) is 20.7. The molecule has 46 heavy (non-hydrogen) atoms. The van der Waals surface area contributed by atoms with Crippen molar-refractivity contribution in [3.8, 4) is 47.4 Å². The summed E-state index contributed by atoms with van der Waals surface area (Å²) in [6, 6.07) is 24.4. The van der Waals surface area contributed by atoms with Crippen LogP contribution in [0.15, 0.2) is 94.7 Å². The molecule has 3 rings (SSSR count). The maximum absolute atomic E-state index is 12.2. The van der Waals surface area contributed by atoms with E-state index in [9.17, 15) is 16.8 Å². The van der Waals surface area contributed by atoms with E-state index in [2.05, 4.69) is 47.4 Å². The van der Waals surface area contributed by atoms with Gasteiger partial charge in [-0.05, 0) is 62.1 Å². The maximum Gasteiger partial charge on any atom is 0.189 e. The fourth-order valence-corrected chi connectivity index (χ4v) is 6.00. The van der Waals surface area contributed by atoms with Crippen molar-refractivity contribution in [2.24, 2.45) is 0 Å². The first-order chi connectivity index (χ1) is 22.4. The van der Waals surface area contributed by atoms with E-state index in [1.165, 1.54) is 0 Å². The summed E-state index contributed by atoms with van der Waals surface area (Å²) in [4.78, 5) is 0.588. The Morgan fingerprint density at radius 2 is 0.848 bits per heavy atom. The molecule has 0 N–H and O–H groups in total. The predicted octanol–water partition coefficient (Wildman–Crippen LogP) is 5.72. The van der Waals surface area contributed by atoms with Crippen molar-refractivity contribution >= 4 is 19.7 Å². The minimum absolute atomic E-state index is 0.174. The number of hydrogen-bond acceptors (Lipinski definition) is 6. The van der Waals surface area contributed by atoms with E-state index in [1.807, 2.05) is 24.3 Å². The Hall–Kier alpha value is -4.28. The monoisotopic (exact) mass is 654 g/mol. The number of rotatable bonds is 14. The van der Waals surface area contributed by atoms with Crippen LogP contribution in [0, 0.1) is 47.4 Å². The molecule has 0 saturated carbocycles. The maximum atomic E-state index is 12.2. The molecule has 0 spiro atoms. The summed E-state index contributed by atoms with van der Waals surface area (Å²) in [7, 11) is -6.72. The smallest absolute Gasteiger partial charge is 0.189 e. The number of sulfone groups is 2. The average molecular weight is 655 g/mol. The SMILES string of the molecule is O=S(=O)(CC#CCCCCOCC#Cc1ccccc1C#CCOCCCCC#CCS(=O)(=O)c1ccccc1)c1ccccc1. The van der Waals surface area contributed by atoms with Gasteiger partial charge in [0.25, 0.3) is 0 Å². The Morgan fingerprint density at radius 3 is 1.26 bits per heavy atom. The second-order valence-corrected chi connectivity index (χ2v) is 14.0. The zero-order chi connectivity index (χ0) is 32.8. The van der Waals surface area contributed by atoms with Crippen LogP contribution in [0.3, 0.4) is 0 Å². The molecule has 0 aliphatic carbocycles. The third-order valence-electron chi connectivity index (χ3n) is 6.38. The Balaban J connectivity index is 1.25. The summed E-state index contributed by atoms with van der Waals surface area (Å²) in [5.74, 6) is 23.3. The Morgan fingerprint density at radius 1 is 0.457 bits per heavy atom. The minimum atomic E-state index is -3.36. The summed E-state index contributed by atoms with van der Waals surface area (Å²) in [6.07, 6.45) is 4.51. The Labute approximate surface area is 274 Å². The molecule has 0 unspecified atom stereocenters. The summed E-state index contributed by atoms with van der Waals surface area (Å²) >= 11 is 0. The topological polar surface area (TPSA) is 86.7 Å². The fraction of sp³-hybridized carbons (Fsp3) is 0.316. The lowest BCUT2D eigenvalue weighted by Crippen LogP contribution is -2.04. The van der Waals surface area contributed by atoms with Gasteiger partial charge in [-0.15, -0.1) is 11.8 Å². The van der Waals surface area contributed by atoms with Crippen LogP contribution in [-0.2, 0) is 29.1 Å². The van der Waals surface area contributed by atoms with E-state index in [0.29, 0.717) is 49.1 Å². The largest absolute Gasteiger partial charge is 0.369 e. The van der Waals surface area contributed by atoms with Gasteiger partial charge in [0.2, 0.25) is 0 Å². The number of unbranched alkanes of at least 4 members (excludes halogenated alkanes) is 4. The molecule has 3 aromatic carbocycles. The van der Waals surface area contributed by atoms with Gasteiger partial charge >= 0.3 is 0 Å². The lowest BCUT2D eigenvalue weighted by atomic mass is 10.1. The third kappa shape index (κ3) is 14.2. The van der Waals surface area contributed by atoms with Gasteiger partial charge in [0.05, 0.1) is 9.79 Å². The van der Waals surface area contributed by atoms with Crippen molar-refractivity contribution in [3.05, 3.63) is 96.1 Å². The number of ether oxygens (including phenoxy) is 2. The van der Waals surface area contributed by atoms with Gasteiger partial charge in [0.15, 0.2) is 19.7 Å². The first-order valence-corrected chi connectivity index (χ1v) is 18.4. The van der Waals surface area contributed by atoms with E-state index < -0.39 is 19.7 Å². The summed E-state index contributed by atoms with van der Waals surface area (Å²) in [5.41, 5.74) is 1.65. The highest BCUT2D eigenvalue weighted by atomic mass is 32.2. The van der Waals surface area contributed by atoms with Gasteiger partial charge in [-0.25, -0.2) is 16.8 Å². The van der Waals surface area contributed by atoms with Gasteiger partial charge < -0.3 is 9.47 Å². The second-order valence-electron chi connectivity index (χ2n) is 10.0. The van der Waals surface area contributed by atoms with Crippen molar-refractivity contribution in [3.63, 3.8) is 0 Å². The van der Waals surface area contributed by atoms with Gasteiger partial charge in [0.1, 0.15) is 24.7 Å². The highest BCUT2D eigenvalue weighted by molar-refractivity contribution is 7.92. The molecule has 3 aromatic rings. The van der Waals surface area contributed by atoms with E-state index >= 15 is 0 Å². The molecule has 0 aliphatic rings. The molecule has 0 saturated heterocycles. The summed E-state index contributed by atoms with van der Waals surface area (Å²) in [5, 5.41) is 0. The van der Waals surface area contributed by atoms with Gasteiger partial charge in [-0.2, -0.15) is 0 Å². The quantitative estimate of drug-likeness (QED) is 0.163. The molecular weight excluding hydrogens is 617 g/mol. The normalized spacial score (nSPS) is 10.6. The molecule has 0 heterocycles. The van der Waals surface area contributed by atoms with Crippen LogP contribution in [-0.4, -0.2) is 54.8 Å². The zero-order valence-corrected chi connectivity index (χ0v) is 27.5. The van der Waals surface area contributed by atoms with Crippen molar-refractivity contribution in [1.29, 1.82) is 0 Å². The molecule has 6 nitrogen and oxygen atoms in total. The molecule has 0 amide bonds. The lowest BCUT2D eigenvalue weighted by molar-refractivity contribution is 0.162. The van der Waals surface area contributed by atoms with Crippen LogP contribution in [0.2, 0.25) is 0 Å². The highest BCUT2D eigenvalue weighted by Gasteiger charge is 2.12.